The van der Waals surface area contributed by atoms with E-state index in [1.165, 1.54) is 30.3 Å². The van der Waals surface area contributed by atoms with Gasteiger partial charge in [0.25, 0.3) is 5.69 Å². The number of aldehydes is 1. The zero-order valence-electron chi connectivity index (χ0n) is 39.4. The molecule has 71 heavy (non-hydrogen) atoms. The summed E-state index contributed by atoms with van der Waals surface area (Å²) in [4.78, 5) is 45.8. The highest BCUT2D eigenvalue weighted by molar-refractivity contribution is 6.03. The summed E-state index contributed by atoms with van der Waals surface area (Å²) in [5, 5.41) is 36.5. The Balaban J connectivity index is 1.34. The molecular weight excluding hydrogens is 906 g/mol. The van der Waals surface area contributed by atoms with Crippen LogP contribution < -0.4 is 9.47 Å². The number of carbonyl (C=O) groups is 2. The number of benzene rings is 5. The topological polar surface area (TPSA) is 170 Å². The average molecular weight is 964 g/mol. The van der Waals surface area contributed by atoms with Crippen molar-refractivity contribution in [1.29, 1.82) is 0 Å². The standard InChI is InChI=1S/C57H58FN3O10/c1-2-31-68-57-53(60(36-40-17-22-44(58)23-18-40)54(65)28-21-39-19-24-45(25-20-39)61(66)67)35-51(59-69-38-41-11-4-3-5-12-41)49-33-43(14-6-8-29-62)48(16-7-9-30-63)55(56(49)57)50-34-47(26-27-52(50)71-57)70-46-15-10-13-42(32-46)37-64/h2-5,10-13,15,17-28,32-34,37,43,48,53,55-56,62-63H,1,6-9,14,16,29-31,35-36,38H2. The number of hydrogen-bond donors (Lipinski definition) is 2. The van der Waals surface area contributed by atoms with Gasteiger partial charge in [-0.15, -0.1) is 6.58 Å². The molecule has 1 saturated carbocycles. The number of ether oxygens (including phenoxy) is 3. The minimum atomic E-state index is -1.61. The van der Waals surface area contributed by atoms with Gasteiger partial charge in [-0.05, 0) is 120 Å². The minimum absolute atomic E-state index is 0.00523. The van der Waals surface area contributed by atoms with Crippen LogP contribution in [0.4, 0.5) is 10.1 Å². The fourth-order valence-corrected chi connectivity index (χ4v) is 10.4. The number of halogens is 1. The van der Waals surface area contributed by atoms with Gasteiger partial charge in [0, 0.05) is 61.4 Å². The number of amides is 1. The molecule has 2 N–H and O–H groups in total. The van der Waals surface area contributed by atoms with Gasteiger partial charge >= 0.3 is 0 Å². The molecule has 0 aromatic heterocycles. The van der Waals surface area contributed by atoms with Gasteiger partial charge in [0.2, 0.25) is 11.7 Å². The molecule has 5 aromatic carbocycles. The number of fused-ring (bicyclic) bond motifs is 2. The normalized spacial score (nSPS) is 21.6. The fraction of sp³-hybridized carbons (Fsp3) is 0.316. The first-order valence-electron chi connectivity index (χ1n) is 24.1. The zero-order valence-corrected chi connectivity index (χ0v) is 39.4. The van der Waals surface area contributed by atoms with Crippen LogP contribution in [0.1, 0.15) is 83.5 Å². The first-order chi connectivity index (χ1) is 34.6. The lowest BCUT2D eigenvalue weighted by Crippen LogP contribution is -2.70. The van der Waals surface area contributed by atoms with E-state index in [2.05, 4.69) is 12.7 Å². The summed E-state index contributed by atoms with van der Waals surface area (Å²) < 4.78 is 35.5. The SMILES string of the molecule is C=CCOC12Oc3ccc(Oc4cccc(C=O)c4)cc3C3C(CCCCO)C(CCCCO)C=C(C(=NOCc4ccccc4)CC1N(Cc1ccc(F)cc1)C(=O)C=Cc1ccc([N+](=O)[O-])cc1)C32. The maximum absolute atomic E-state index is 15.2. The number of aliphatic hydroxyl groups excluding tert-OH is 2. The van der Waals surface area contributed by atoms with Gasteiger partial charge in [-0.3, -0.25) is 19.7 Å². The number of hydrogen-bond acceptors (Lipinski definition) is 11. The molecule has 1 aliphatic heterocycles. The second kappa shape index (κ2) is 23.6. The lowest BCUT2D eigenvalue weighted by molar-refractivity contribution is -0.384. The maximum Gasteiger partial charge on any atom is 0.269 e. The molecule has 1 amide bonds. The van der Waals surface area contributed by atoms with E-state index in [0.717, 1.165) is 35.8 Å². The number of allylic oxidation sites excluding steroid dienone is 1. The van der Waals surface area contributed by atoms with Crippen LogP contribution in [-0.4, -0.2) is 69.6 Å². The molecule has 8 rings (SSSR count). The first-order valence-corrected chi connectivity index (χ1v) is 24.1. The Morgan fingerprint density at radius 3 is 2.35 bits per heavy atom. The number of carbonyl (C=O) groups excluding carboxylic acids is 2. The third-order valence-corrected chi connectivity index (χ3v) is 13.6. The molecule has 3 aliphatic rings. The number of aliphatic hydroxyl groups is 2. The summed E-state index contributed by atoms with van der Waals surface area (Å²) >= 11 is 0. The molecule has 368 valence electrons. The second-order valence-electron chi connectivity index (χ2n) is 18.1. The summed E-state index contributed by atoms with van der Waals surface area (Å²) in [5.41, 5.74) is 4.71. The third kappa shape index (κ3) is 11.7. The van der Waals surface area contributed by atoms with E-state index in [4.69, 9.17) is 24.2 Å². The first kappa shape index (κ1) is 50.1. The van der Waals surface area contributed by atoms with Crippen molar-refractivity contribution >= 4 is 29.7 Å². The van der Waals surface area contributed by atoms with Gasteiger partial charge in [0.1, 0.15) is 42.0 Å². The van der Waals surface area contributed by atoms with Crippen LogP contribution in [0.15, 0.2) is 157 Å². The Morgan fingerprint density at radius 1 is 0.887 bits per heavy atom. The van der Waals surface area contributed by atoms with E-state index in [-0.39, 0.29) is 62.8 Å². The van der Waals surface area contributed by atoms with Crippen molar-refractivity contribution in [3.05, 3.63) is 195 Å². The van der Waals surface area contributed by atoms with Gasteiger partial charge < -0.3 is 34.2 Å². The number of nitro groups is 1. The molecule has 5 aromatic rings. The Morgan fingerprint density at radius 2 is 1.63 bits per heavy atom. The maximum atomic E-state index is 15.2. The molecule has 1 fully saturated rings. The Hall–Kier alpha value is -7.26. The van der Waals surface area contributed by atoms with E-state index in [1.54, 1.807) is 71.6 Å². The van der Waals surface area contributed by atoms with Gasteiger partial charge in [-0.1, -0.05) is 84.7 Å². The molecule has 0 saturated heterocycles. The van der Waals surface area contributed by atoms with Crippen LogP contribution in [0.3, 0.4) is 0 Å². The number of nitro benzene ring substituents is 1. The molecule has 14 heteroatoms. The van der Waals surface area contributed by atoms with Crippen LogP contribution >= 0.6 is 0 Å². The quantitative estimate of drug-likeness (QED) is 0.0160. The van der Waals surface area contributed by atoms with E-state index in [9.17, 15) is 29.5 Å². The van der Waals surface area contributed by atoms with Crippen molar-refractivity contribution in [1.82, 2.24) is 4.90 Å². The summed E-state index contributed by atoms with van der Waals surface area (Å²) in [6.45, 7) is 4.29. The van der Waals surface area contributed by atoms with Crippen molar-refractivity contribution in [3.63, 3.8) is 0 Å². The average Bonchev–Trinajstić information content (AvgIpc) is 3.39. The van der Waals surface area contributed by atoms with E-state index >= 15 is 4.79 Å². The lowest BCUT2D eigenvalue weighted by Gasteiger charge is -2.60. The molecule has 6 atom stereocenters. The monoisotopic (exact) mass is 963 g/mol. The Bertz CT molecular complexity index is 2740. The van der Waals surface area contributed by atoms with Gasteiger partial charge in [-0.25, -0.2) is 4.39 Å². The molecular formula is C57H58FN3O10. The predicted octanol–water partition coefficient (Wildman–Crippen LogP) is 10.9. The van der Waals surface area contributed by atoms with Crippen LogP contribution in [-0.2, 0) is 27.5 Å². The van der Waals surface area contributed by atoms with Crippen molar-refractivity contribution in [2.75, 3.05) is 19.8 Å². The van der Waals surface area contributed by atoms with Crippen molar-refractivity contribution < 1.29 is 48.2 Å². The molecule has 13 nitrogen and oxygen atoms in total. The number of non-ortho nitro benzene ring substituents is 1. The van der Waals surface area contributed by atoms with Gasteiger partial charge in [0.15, 0.2) is 0 Å². The van der Waals surface area contributed by atoms with Crippen molar-refractivity contribution in [3.8, 4) is 17.2 Å². The summed E-state index contributed by atoms with van der Waals surface area (Å²) in [7, 11) is 0. The van der Waals surface area contributed by atoms with Gasteiger partial charge in [-0.2, -0.15) is 0 Å². The summed E-state index contributed by atoms with van der Waals surface area (Å²) in [6.07, 6.45) is 11.9. The number of oxime groups is 1. The lowest BCUT2D eigenvalue weighted by atomic mass is 9.55. The molecule has 1 heterocycles. The minimum Gasteiger partial charge on any atom is -0.459 e. The van der Waals surface area contributed by atoms with Gasteiger partial charge in [0.05, 0.1) is 23.2 Å². The third-order valence-electron chi connectivity index (χ3n) is 13.6. The van der Waals surface area contributed by atoms with E-state index in [0.29, 0.717) is 65.3 Å². The highest BCUT2D eigenvalue weighted by Crippen LogP contribution is 2.62. The van der Waals surface area contributed by atoms with Crippen LogP contribution in [0, 0.1) is 33.7 Å². The molecule has 0 spiro atoms. The number of unbranched alkanes of at least 4 members (excludes halogenated alkanes) is 2. The summed E-state index contributed by atoms with van der Waals surface area (Å²) in [6, 6.07) is 33.0. The zero-order chi connectivity index (χ0) is 49.7. The van der Waals surface area contributed by atoms with Crippen molar-refractivity contribution in [2.24, 2.45) is 22.9 Å². The van der Waals surface area contributed by atoms with Crippen LogP contribution in [0.2, 0.25) is 0 Å². The van der Waals surface area contributed by atoms with E-state index in [1.807, 2.05) is 42.5 Å². The Kier molecular flexibility index (Phi) is 16.6. The van der Waals surface area contributed by atoms with Crippen LogP contribution in [0.5, 0.6) is 17.2 Å². The largest absolute Gasteiger partial charge is 0.459 e. The molecule has 0 bridgehead atoms. The second-order valence-corrected chi connectivity index (χ2v) is 18.1. The van der Waals surface area contributed by atoms with Crippen LogP contribution in [0.25, 0.3) is 6.08 Å². The highest BCUT2D eigenvalue weighted by Gasteiger charge is 2.65. The number of rotatable bonds is 23. The molecule has 2 aliphatic carbocycles. The fourth-order valence-electron chi connectivity index (χ4n) is 10.4. The molecule has 6 unspecified atom stereocenters. The number of nitrogens with zero attached hydrogens (tertiary/aromatic N) is 3. The Labute approximate surface area is 412 Å². The highest BCUT2D eigenvalue weighted by atomic mass is 19.1. The smallest absolute Gasteiger partial charge is 0.269 e. The molecule has 0 radical (unpaired) electrons. The van der Waals surface area contributed by atoms with E-state index < -0.39 is 34.4 Å². The predicted molar refractivity (Wildman–Crippen MR) is 267 cm³/mol. The van der Waals surface area contributed by atoms with Crippen molar-refractivity contribution in [2.45, 2.75) is 75.8 Å². The summed E-state index contributed by atoms with van der Waals surface area (Å²) in [5.74, 6) is -2.13.